The molecule has 0 aromatic carbocycles. The quantitative estimate of drug-likeness (QED) is 0.609. The number of hydrogen-bond acceptors (Lipinski definition) is 3. The van der Waals surface area contributed by atoms with Crippen molar-refractivity contribution in [3.05, 3.63) is 0 Å². The summed E-state index contributed by atoms with van der Waals surface area (Å²) in [5.41, 5.74) is 0. The molecule has 0 aromatic rings. The molecule has 0 N–H and O–H groups in total. The van der Waals surface area contributed by atoms with Crippen LogP contribution in [0.5, 0.6) is 0 Å². The standard InChI is InChI=1S/C3H9O3Si.Sn.H/c1-4-7(5-2)6-3;;/h1-3H3;;. The Balaban J connectivity index is 0. The molecule has 0 aliphatic carbocycles. The molecule has 4 radical (unpaired) electrons. The average Bonchev–Trinajstić information content (AvgIpc) is 1.72. The van der Waals surface area contributed by atoms with Crippen molar-refractivity contribution in [3.8, 4) is 0 Å². The molecular formula is C3H10O3SiSn. The third kappa shape index (κ3) is 5.04. The van der Waals surface area contributed by atoms with Crippen molar-refractivity contribution in [2.45, 2.75) is 0 Å². The summed E-state index contributed by atoms with van der Waals surface area (Å²) in [7, 11) is 3.31. The molecule has 0 unspecified atom stereocenters. The molecule has 0 atom stereocenters. The third-order valence-electron chi connectivity index (χ3n) is 0.500. The van der Waals surface area contributed by atoms with Gasteiger partial charge in [0.25, 0.3) is 0 Å². The summed E-state index contributed by atoms with van der Waals surface area (Å²) >= 11 is 0. The molecule has 48 valence electrons. The molecule has 3 nitrogen and oxygen atoms in total. The first kappa shape index (κ1) is 11.7. The van der Waals surface area contributed by atoms with Gasteiger partial charge in [0.2, 0.25) is 0 Å². The molecule has 8 heavy (non-hydrogen) atoms. The van der Waals surface area contributed by atoms with E-state index in [4.69, 9.17) is 13.3 Å². The van der Waals surface area contributed by atoms with Crippen LogP contribution in [-0.4, -0.2) is 54.8 Å². The monoisotopic (exact) mass is 242 g/mol. The first-order chi connectivity index (χ1) is 3.35. The van der Waals surface area contributed by atoms with Crippen molar-refractivity contribution in [1.29, 1.82) is 0 Å². The van der Waals surface area contributed by atoms with Gasteiger partial charge in [-0.15, -0.1) is 0 Å². The van der Waals surface area contributed by atoms with Crippen LogP contribution in [0.3, 0.4) is 0 Å². The topological polar surface area (TPSA) is 27.7 Å². The molecule has 0 amide bonds. The zero-order valence-corrected chi connectivity index (χ0v) is 9.60. The van der Waals surface area contributed by atoms with E-state index < -0.39 is 9.53 Å². The molecular weight excluding hydrogens is 231 g/mol. The SMILES string of the molecule is CO[Si](OC)OC.[SnH]. The van der Waals surface area contributed by atoms with Crippen LogP contribution in [0.2, 0.25) is 0 Å². The molecule has 0 fully saturated rings. The molecule has 0 bridgehead atoms. The Morgan fingerprint density at radius 3 is 1.12 bits per heavy atom. The van der Waals surface area contributed by atoms with Crippen molar-refractivity contribution in [2.75, 3.05) is 21.3 Å². The fourth-order valence-electron chi connectivity index (χ4n) is 0.250. The predicted molar refractivity (Wildman–Crippen MR) is 33.9 cm³/mol. The van der Waals surface area contributed by atoms with Gasteiger partial charge in [0.1, 0.15) is 0 Å². The summed E-state index contributed by atoms with van der Waals surface area (Å²) in [6, 6.07) is 0. The van der Waals surface area contributed by atoms with Crippen molar-refractivity contribution >= 4 is 33.4 Å². The minimum atomic E-state index is -1.36. The molecule has 0 rings (SSSR count). The van der Waals surface area contributed by atoms with Gasteiger partial charge < -0.3 is 13.3 Å². The van der Waals surface area contributed by atoms with Crippen LogP contribution >= 0.6 is 0 Å². The van der Waals surface area contributed by atoms with Gasteiger partial charge in [-0.3, -0.25) is 0 Å². The van der Waals surface area contributed by atoms with Crippen molar-refractivity contribution < 1.29 is 13.3 Å². The average molecular weight is 241 g/mol. The van der Waals surface area contributed by atoms with E-state index in [9.17, 15) is 0 Å². The second-order valence-electron chi connectivity index (χ2n) is 0.862. The van der Waals surface area contributed by atoms with Gasteiger partial charge in [-0.05, 0) is 0 Å². The van der Waals surface area contributed by atoms with Gasteiger partial charge >= 0.3 is 33.4 Å². The van der Waals surface area contributed by atoms with E-state index in [1.807, 2.05) is 0 Å². The molecule has 0 aliphatic rings. The van der Waals surface area contributed by atoms with Gasteiger partial charge in [-0.1, -0.05) is 0 Å². The maximum absolute atomic E-state index is 4.71. The van der Waals surface area contributed by atoms with Crippen LogP contribution in [-0.2, 0) is 13.3 Å². The van der Waals surface area contributed by atoms with E-state index in [1.54, 1.807) is 21.3 Å². The van der Waals surface area contributed by atoms with Gasteiger partial charge in [-0.2, -0.15) is 0 Å². The molecule has 0 saturated heterocycles. The normalized spacial score (nSPS) is 9.00. The summed E-state index contributed by atoms with van der Waals surface area (Å²) < 4.78 is 14.1. The molecule has 5 heteroatoms. The minimum absolute atomic E-state index is 0. The van der Waals surface area contributed by atoms with Crippen LogP contribution in [0.4, 0.5) is 0 Å². The van der Waals surface area contributed by atoms with Gasteiger partial charge in [-0.25, -0.2) is 0 Å². The van der Waals surface area contributed by atoms with Gasteiger partial charge in [0, 0.05) is 21.3 Å². The van der Waals surface area contributed by atoms with E-state index in [0.717, 1.165) is 0 Å². The predicted octanol–water partition coefficient (Wildman–Crippen LogP) is -0.738. The third-order valence-corrected chi connectivity index (χ3v) is 1.50. The Kier molecular flexibility index (Phi) is 11.5. The van der Waals surface area contributed by atoms with Gasteiger partial charge in [0.05, 0.1) is 0 Å². The Morgan fingerprint density at radius 2 is 1.12 bits per heavy atom. The number of hydrogen-bond donors (Lipinski definition) is 0. The van der Waals surface area contributed by atoms with Crippen LogP contribution in [0, 0.1) is 0 Å². The van der Waals surface area contributed by atoms with Crippen LogP contribution in [0.15, 0.2) is 0 Å². The van der Waals surface area contributed by atoms with Crippen LogP contribution in [0.1, 0.15) is 0 Å². The molecule has 0 spiro atoms. The Morgan fingerprint density at radius 1 is 0.875 bits per heavy atom. The van der Waals surface area contributed by atoms with Crippen LogP contribution in [0.25, 0.3) is 0 Å². The second kappa shape index (κ2) is 7.90. The summed E-state index contributed by atoms with van der Waals surface area (Å²) in [6.45, 7) is 0. The number of rotatable bonds is 3. The van der Waals surface area contributed by atoms with Crippen LogP contribution < -0.4 is 0 Å². The zero-order chi connectivity index (χ0) is 5.70. The molecule has 0 heterocycles. The first-order valence-electron chi connectivity index (χ1n) is 1.84. The zero-order valence-electron chi connectivity index (χ0n) is 5.30. The van der Waals surface area contributed by atoms with Gasteiger partial charge in [0.15, 0.2) is 0 Å². The fraction of sp³-hybridized carbons (Fsp3) is 1.00. The summed E-state index contributed by atoms with van der Waals surface area (Å²) in [5.74, 6) is 0. The molecule has 0 saturated carbocycles. The Hall–Kier alpha value is 0.896. The molecule has 0 aromatic heterocycles. The Labute approximate surface area is 68.2 Å². The summed E-state index contributed by atoms with van der Waals surface area (Å²) in [6.07, 6.45) is 0. The van der Waals surface area contributed by atoms with E-state index in [-0.39, 0.29) is 23.9 Å². The van der Waals surface area contributed by atoms with Crippen molar-refractivity contribution in [1.82, 2.24) is 0 Å². The second-order valence-corrected chi connectivity index (χ2v) is 2.59. The van der Waals surface area contributed by atoms with E-state index >= 15 is 0 Å². The summed E-state index contributed by atoms with van der Waals surface area (Å²) in [5, 5.41) is 0. The Bertz CT molecular complexity index is 36.0. The fourth-order valence-corrected chi connectivity index (χ4v) is 0.750. The van der Waals surface area contributed by atoms with E-state index in [2.05, 4.69) is 0 Å². The summed E-state index contributed by atoms with van der Waals surface area (Å²) in [4.78, 5) is 0. The van der Waals surface area contributed by atoms with E-state index in [1.165, 1.54) is 0 Å². The first-order valence-corrected chi connectivity index (χ1v) is 3.06. The van der Waals surface area contributed by atoms with E-state index in [0.29, 0.717) is 0 Å². The molecule has 0 aliphatic heterocycles. The van der Waals surface area contributed by atoms with Crippen molar-refractivity contribution in [2.24, 2.45) is 0 Å². The maximum atomic E-state index is 4.71. The van der Waals surface area contributed by atoms with Crippen molar-refractivity contribution in [3.63, 3.8) is 0 Å².